The summed E-state index contributed by atoms with van der Waals surface area (Å²) < 4.78 is 0. The fourth-order valence-corrected chi connectivity index (χ4v) is 4.22. The van der Waals surface area contributed by atoms with E-state index in [4.69, 9.17) is 5.11 Å². The molecule has 2 heterocycles. The number of hydrogen-bond donors (Lipinski definition) is 1. The molecule has 3 atom stereocenters. The number of aromatic nitrogens is 1. The van der Waals surface area contributed by atoms with Crippen LogP contribution in [-0.2, 0) is 9.59 Å². The van der Waals surface area contributed by atoms with Gasteiger partial charge < -0.3 is 10.0 Å². The third-order valence-electron chi connectivity index (χ3n) is 4.62. The van der Waals surface area contributed by atoms with Gasteiger partial charge in [0.2, 0.25) is 5.91 Å². The van der Waals surface area contributed by atoms with E-state index in [0.29, 0.717) is 12.8 Å². The van der Waals surface area contributed by atoms with Crippen LogP contribution in [0.2, 0.25) is 0 Å². The minimum Gasteiger partial charge on any atom is -0.481 e. The molecule has 3 rings (SSSR count). The molecule has 0 radical (unpaired) electrons. The molecular weight excluding hydrogens is 288 g/mol. The maximum Gasteiger partial charge on any atom is 0.307 e. The van der Waals surface area contributed by atoms with Gasteiger partial charge in [-0.3, -0.25) is 9.59 Å². The first-order valence-corrected chi connectivity index (χ1v) is 8.41. The summed E-state index contributed by atoms with van der Waals surface area (Å²) in [5.41, 5.74) is 0.986. The summed E-state index contributed by atoms with van der Waals surface area (Å²) in [6.07, 6.45) is 4.36. The van der Waals surface area contributed by atoms with Gasteiger partial charge >= 0.3 is 5.97 Å². The van der Waals surface area contributed by atoms with E-state index in [9.17, 15) is 9.59 Å². The Kier molecular flexibility index (Phi) is 3.97. The molecule has 1 N–H and O–H groups in total. The van der Waals surface area contributed by atoms with E-state index >= 15 is 0 Å². The summed E-state index contributed by atoms with van der Waals surface area (Å²) in [6, 6.07) is 0.0417. The number of nitrogens with zero attached hydrogens (tertiary/aromatic N) is 2. The van der Waals surface area contributed by atoms with Crippen molar-refractivity contribution in [3.8, 4) is 0 Å². The first-order valence-electron chi connectivity index (χ1n) is 7.53. The zero-order chi connectivity index (χ0) is 15.0. The molecule has 21 heavy (non-hydrogen) atoms. The third kappa shape index (κ3) is 2.69. The highest BCUT2D eigenvalue weighted by Gasteiger charge is 2.45. The number of likely N-dealkylation sites (tertiary alicyclic amines) is 1. The quantitative estimate of drug-likeness (QED) is 0.932. The van der Waals surface area contributed by atoms with E-state index in [2.05, 4.69) is 4.98 Å². The SMILES string of the molecule is Cc1csc(C2CCCCN2C(=O)C2CCC2C(=O)O)n1. The van der Waals surface area contributed by atoms with Crippen LogP contribution in [0.3, 0.4) is 0 Å². The van der Waals surface area contributed by atoms with Crippen LogP contribution in [-0.4, -0.2) is 33.4 Å². The largest absolute Gasteiger partial charge is 0.481 e. The third-order valence-corrected chi connectivity index (χ3v) is 5.68. The first kappa shape index (κ1) is 14.5. The lowest BCUT2D eigenvalue weighted by molar-refractivity contribution is -0.158. The van der Waals surface area contributed by atoms with Crippen molar-refractivity contribution in [3.63, 3.8) is 0 Å². The number of carboxylic acid groups (broad SMARTS) is 1. The molecule has 0 spiro atoms. The summed E-state index contributed by atoms with van der Waals surface area (Å²) in [6.45, 7) is 2.69. The van der Waals surface area contributed by atoms with Crippen LogP contribution in [0.15, 0.2) is 5.38 Å². The number of amides is 1. The predicted molar refractivity (Wildman–Crippen MR) is 79.0 cm³/mol. The molecule has 2 aliphatic rings. The van der Waals surface area contributed by atoms with Gasteiger partial charge in [0.25, 0.3) is 0 Å². The van der Waals surface area contributed by atoms with Crippen LogP contribution in [0.1, 0.15) is 48.8 Å². The van der Waals surface area contributed by atoms with Crippen molar-refractivity contribution in [2.45, 2.75) is 45.1 Å². The Hall–Kier alpha value is -1.43. The number of carbonyl (C=O) groups is 2. The van der Waals surface area contributed by atoms with Crippen molar-refractivity contribution in [1.82, 2.24) is 9.88 Å². The van der Waals surface area contributed by atoms with Crippen molar-refractivity contribution in [2.75, 3.05) is 6.54 Å². The van der Waals surface area contributed by atoms with E-state index in [1.54, 1.807) is 11.3 Å². The van der Waals surface area contributed by atoms with Crippen LogP contribution in [0, 0.1) is 18.8 Å². The maximum atomic E-state index is 12.7. The molecule has 1 aromatic rings. The van der Waals surface area contributed by atoms with Gasteiger partial charge in [0.05, 0.1) is 17.9 Å². The van der Waals surface area contributed by atoms with E-state index in [1.165, 1.54) is 0 Å². The average molecular weight is 308 g/mol. The number of carboxylic acids is 1. The standard InChI is InChI=1S/C15H20N2O3S/c1-9-8-21-13(16-9)12-4-2-3-7-17(12)14(18)10-5-6-11(10)15(19)20/h8,10-12H,2-7H2,1H3,(H,19,20). The van der Waals surface area contributed by atoms with Crippen molar-refractivity contribution in [2.24, 2.45) is 11.8 Å². The van der Waals surface area contributed by atoms with E-state index in [1.807, 2.05) is 17.2 Å². The molecule has 1 amide bonds. The van der Waals surface area contributed by atoms with Crippen LogP contribution >= 0.6 is 11.3 Å². The molecule has 1 aliphatic heterocycles. The number of piperidine rings is 1. The van der Waals surface area contributed by atoms with Gasteiger partial charge in [-0.05, 0) is 39.0 Å². The van der Waals surface area contributed by atoms with Crippen molar-refractivity contribution < 1.29 is 14.7 Å². The highest BCUT2D eigenvalue weighted by atomic mass is 32.1. The number of rotatable bonds is 3. The molecule has 1 saturated heterocycles. The molecule has 1 aromatic heterocycles. The second-order valence-corrected chi connectivity index (χ2v) is 6.89. The predicted octanol–water partition coefficient (Wildman–Crippen LogP) is 2.62. The summed E-state index contributed by atoms with van der Waals surface area (Å²) in [4.78, 5) is 30.3. The van der Waals surface area contributed by atoms with Crippen molar-refractivity contribution in [3.05, 3.63) is 16.1 Å². The van der Waals surface area contributed by atoms with Gasteiger partial charge in [-0.15, -0.1) is 11.3 Å². The van der Waals surface area contributed by atoms with Gasteiger partial charge in [-0.2, -0.15) is 0 Å². The summed E-state index contributed by atoms with van der Waals surface area (Å²) in [5.74, 6) is -1.63. The molecule has 1 saturated carbocycles. The number of carbonyl (C=O) groups excluding carboxylic acids is 1. The van der Waals surface area contributed by atoms with Crippen LogP contribution < -0.4 is 0 Å². The first-order chi connectivity index (χ1) is 10.1. The van der Waals surface area contributed by atoms with Gasteiger partial charge in [0.15, 0.2) is 0 Å². The second kappa shape index (κ2) is 5.75. The Labute approximate surface area is 128 Å². The molecule has 114 valence electrons. The van der Waals surface area contributed by atoms with E-state index in [-0.39, 0.29) is 17.9 Å². The van der Waals surface area contributed by atoms with Crippen LogP contribution in [0.5, 0.6) is 0 Å². The van der Waals surface area contributed by atoms with Gasteiger partial charge in [0.1, 0.15) is 5.01 Å². The van der Waals surface area contributed by atoms with Crippen molar-refractivity contribution >= 4 is 23.2 Å². The van der Waals surface area contributed by atoms with Gasteiger partial charge in [0, 0.05) is 17.6 Å². The zero-order valence-corrected chi connectivity index (χ0v) is 12.9. The van der Waals surface area contributed by atoms with E-state index < -0.39 is 11.9 Å². The Balaban J connectivity index is 1.78. The number of thiazole rings is 1. The zero-order valence-electron chi connectivity index (χ0n) is 12.1. The lowest BCUT2D eigenvalue weighted by atomic mass is 9.72. The number of aryl methyl sites for hydroxylation is 1. The molecule has 1 aliphatic carbocycles. The minimum absolute atomic E-state index is 0.0196. The summed E-state index contributed by atoms with van der Waals surface area (Å²) in [5, 5.41) is 12.2. The summed E-state index contributed by atoms with van der Waals surface area (Å²) >= 11 is 1.60. The smallest absolute Gasteiger partial charge is 0.307 e. The fourth-order valence-electron chi connectivity index (χ4n) is 3.28. The normalized spacial score (nSPS) is 29.0. The van der Waals surface area contributed by atoms with Crippen LogP contribution in [0.4, 0.5) is 0 Å². The Morgan fingerprint density at radius 1 is 1.29 bits per heavy atom. The molecule has 2 fully saturated rings. The molecule has 3 unspecified atom stereocenters. The van der Waals surface area contributed by atoms with Crippen LogP contribution in [0.25, 0.3) is 0 Å². The van der Waals surface area contributed by atoms with Crippen molar-refractivity contribution in [1.29, 1.82) is 0 Å². The van der Waals surface area contributed by atoms with E-state index in [0.717, 1.165) is 36.5 Å². The van der Waals surface area contributed by atoms with Gasteiger partial charge in [-0.1, -0.05) is 0 Å². The monoisotopic (exact) mass is 308 g/mol. The Morgan fingerprint density at radius 3 is 2.62 bits per heavy atom. The highest BCUT2D eigenvalue weighted by molar-refractivity contribution is 7.09. The molecule has 0 bridgehead atoms. The fraction of sp³-hybridized carbons (Fsp3) is 0.667. The van der Waals surface area contributed by atoms with Gasteiger partial charge in [-0.25, -0.2) is 4.98 Å². The lowest BCUT2D eigenvalue weighted by Gasteiger charge is -2.41. The Morgan fingerprint density at radius 2 is 2.05 bits per heavy atom. The molecule has 0 aromatic carbocycles. The number of aliphatic carboxylic acids is 1. The molecule has 5 nitrogen and oxygen atoms in total. The number of hydrogen-bond acceptors (Lipinski definition) is 4. The summed E-state index contributed by atoms with van der Waals surface area (Å²) in [7, 11) is 0. The Bertz CT molecular complexity index is 557. The second-order valence-electron chi connectivity index (χ2n) is 6.00. The highest BCUT2D eigenvalue weighted by Crippen LogP contribution is 2.40. The lowest BCUT2D eigenvalue weighted by Crippen LogP contribution is -2.48. The molecular formula is C15H20N2O3S. The minimum atomic E-state index is -0.835. The topological polar surface area (TPSA) is 70.5 Å². The maximum absolute atomic E-state index is 12.7. The molecule has 6 heteroatoms. The average Bonchev–Trinajstić information content (AvgIpc) is 2.83.